The highest BCUT2D eigenvalue weighted by Gasteiger charge is 2.33. The smallest absolute Gasteiger partial charge is 0.265 e. The SMILES string of the molecule is COc1ccc(Oc2ccc(N3C(=O)c4cccc5cccc(c45)C3=O)cc2)cc1. The summed E-state index contributed by atoms with van der Waals surface area (Å²) < 4.78 is 11.0. The third-order valence-corrected chi connectivity index (χ3v) is 5.16. The molecule has 0 saturated heterocycles. The maximum atomic E-state index is 13.1. The molecule has 0 unspecified atom stereocenters. The van der Waals surface area contributed by atoms with E-state index in [4.69, 9.17) is 9.47 Å². The number of rotatable bonds is 4. The first-order chi connectivity index (χ1) is 14.7. The minimum Gasteiger partial charge on any atom is -0.497 e. The molecule has 0 fully saturated rings. The van der Waals surface area contributed by atoms with Crippen LogP contribution in [0.5, 0.6) is 17.2 Å². The van der Waals surface area contributed by atoms with Crippen LogP contribution in [0.25, 0.3) is 10.8 Å². The average Bonchev–Trinajstić information content (AvgIpc) is 2.79. The van der Waals surface area contributed by atoms with Gasteiger partial charge < -0.3 is 9.47 Å². The van der Waals surface area contributed by atoms with Gasteiger partial charge in [-0.05, 0) is 66.0 Å². The molecule has 1 aliphatic rings. The van der Waals surface area contributed by atoms with E-state index in [2.05, 4.69) is 0 Å². The van der Waals surface area contributed by atoms with Crippen LogP contribution < -0.4 is 14.4 Å². The van der Waals surface area contributed by atoms with Gasteiger partial charge in [-0.3, -0.25) is 9.59 Å². The van der Waals surface area contributed by atoms with Crippen LogP contribution in [0.1, 0.15) is 20.7 Å². The quantitative estimate of drug-likeness (QED) is 0.432. The molecule has 2 amide bonds. The van der Waals surface area contributed by atoms with Gasteiger partial charge in [-0.2, -0.15) is 0 Å². The van der Waals surface area contributed by atoms with Gasteiger partial charge in [-0.1, -0.05) is 24.3 Å². The van der Waals surface area contributed by atoms with Gasteiger partial charge in [0.15, 0.2) is 0 Å². The molecule has 0 N–H and O–H groups in total. The molecule has 30 heavy (non-hydrogen) atoms. The topological polar surface area (TPSA) is 55.8 Å². The Morgan fingerprint density at radius 3 is 1.67 bits per heavy atom. The summed E-state index contributed by atoms with van der Waals surface area (Å²) in [7, 11) is 1.61. The largest absolute Gasteiger partial charge is 0.497 e. The minimum absolute atomic E-state index is 0.326. The Balaban J connectivity index is 1.46. The Morgan fingerprint density at radius 1 is 0.633 bits per heavy atom. The maximum Gasteiger partial charge on any atom is 0.265 e. The number of hydrogen-bond donors (Lipinski definition) is 0. The highest BCUT2D eigenvalue weighted by molar-refractivity contribution is 6.35. The summed E-state index contributed by atoms with van der Waals surface area (Å²) in [5.41, 5.74) is 1.56. The molecule has 1 aliphatic heterocycles. The second-order valence-corrected chi connectivity index (χ2v) is 6.93. The van der Waals surface area contributed by atoms with E-state index in [9.17, 15) is 9.59 Å². The van der Waals surface area contributed by atoms with Gasteiger partial charge in [0.2, 0.25) is 0 Å². The molecule has 146 valence electrons. The minimum atomic E-state index is -0.326. The van der Waals surface area contributed by atoms with Crippen molar-refractivity contribution in [1.82, 2.24) is 0 Å². The van der Waals surface area contributed by atoms with Crippen molar-refractivity contribution in [3.05, 3.63) is 96.1 Å². The summed E-state index contributed by atoms with van der Waals surface area (Å²) in [4.78, 5) is 27.4. The second-order valence-electron chi connectivity index (χ2n) is 6.93. The van der Waals surface area contributed by atoms with Crippen molar-refractivity contribution in [2.24, 2.45) is 0 Å². The first kappa shape index (κ1) is 17.9. The Bertz CT molecular complexity index is 1230. The predicted molar refractivity (Wildman–Crippen MR) is 115 cm³/mol. The summed E-state index contributed by atoms with van der Waals surface area (Å²) in [6.07, 6.45) is 0. The molecule has 1 heterocycles. The van der Waals surface area contributed by atoms with E-state index in [1.165, 1.54) is 4.90 Å². The summed E-state index contributed by atoms with van der Waals surface area (Å²) in [5, 5.41) is 1.60. The Labute approximate surface area is 173 Å². The van der Waals surface area contributed by atoms with E-state index in [0.717, 1.165) is 11.1 Å². The number of carbonyl (C=O) groups is 2. The Kier molecular flexibility index (Phi) is 4.21. The van der Waals surface area contributed by atoms with Crippen molar-refractivity contribution >= 4 is 28.3 Å². The average molecular weight is 395 g/mol. The van der Waals surface area contributed by atoms with Crippen molar-refractivity contribution in [2.75, 3.05) is 12.0 Å². The molecule has 0 radical (unpaired) electrons. The zero-order valence-corrected chi connectivity index (χ0v) is 16.2. The summed E-state index contributed by atoms with van der Waals surface area (Å²) in [6.45, 7) is 0. The highest BCUT2D eigenvalue weighted by Crippen LogP contribution is 2.34. The Hall–Kier alpha value is -4.12. The molecular weight excluding hydrogens is 378 g/mol. The van der Waals surface area contributed by atoms with Crippen molar-refractivity contribution in [3.8, 4) is 17.2 Å². The van der Waals surface area contributed by atoms with Crippen molar-refractivity contribution in [3.63, 3.8) is 0 Å². The van der Waals surface area contributed by atoms with Crippen molar-refractivity contribution in [2.45, 2.75) is 0 Å². The second kappa shape index (κ2) is 7.04. The fourth-order valence-corrected chi connectivity index (χ4v) is 3.71. The third kappa shape index (κ3) is 2.88. The van der Waals surface area contributed by atoms with Crippen LogP contribution in [0.3, 0.4) is 0 Å². The summed E-state index contributed by atoms with van der Waals surface area (Å²) in [5.74, 6) is 1.36. The molecule has 0 spiro atoms. The van der Waals surface area contributed by atoms with Crippen LogP contribution in [-0.2, 0) is 0 Å². The normalized spacial score (nSPS) is 12.9. The zero-order valence-electron chi connectivity index (χ0n) is 16.2. The van der Waals surface area contributed by atoms with E-state index >= 15 is 0 Å². The van der Waals surface area contributed by atoms with E-state index in [1.807, 2.05) is 48.5 Å². The standard InChI is InChI=1S/C25H17NO4/c1-29-18-12-14-20(15-13-18)30-19-10-8-17(9-11-19)26-24(27)21-6-2-4-16-5-3-7-22(23(16)21)25(26)28/h2-15H,1H3. The van der Waals surface area contributed by atoms with Crippen LogP contribution in [0.15, 0.2) is 84.9 Å². The van der Waals surface area contributed by atoms with Gasteiger partial charge in [0.25, 0.3) is 11.8 Å². The van der Waals surface area contributed by atoms with Crippen LogP contribution >= 0.6 is 0 Å². The molecule has 0 atom stereocenters. The number of benzene rings is 4. The van der Waals surface area contributed by atoms with Gasteiger partial charge in [0.1, 0.15) is 17.2 Å². The number of imide groups is 1. The lowest BCUT2D eigenvalue weighted by Crippen LogP contribution is -2.40. The number of nitrogens with zero attached hydrogens (tertiary/aromatic N) is 1. The summed E-state index contributed by atoms with van der Waals surface area (Å²) in [6, 6.07) is 25.1. The molecule has 0 saturated carbocycles. The van der Waals surface area contributed by atoms with E-state index in [0.29, 0.717) is 33.7 Å². The zero-order chi connectivity index (χ0) is 20.7. The van der Waals surface area contributed by atoms with Crippen LogP contribution in [-0.4, -0.2) is 18.9 Å². The fraction of sp³-hybridized carbons (Fsp3) is 0.0400. The van der Waals surface area contributed by atoms with Gasteiger partial charge in [-0.15, -0.1) is 0 Å². The first-order valence-electron chi connectivity index (χ1n) is 9.48. The van der Waals surface area contributed by atoms with Crippen molar-refractivity contribution < 1.29 is 19.1 Å². The molecule has 5 heteroatoms. The van der Waals surface area contributed by atoms with Crippen molar-refractivity contribution in [1.29, 1.82) is 0 Å². The number of carbonyl (C=O) groups excluding carboxylic acids is 2. The van der Waals surface area contributed by atoms with E-state index in [1.54, 1.807) is 43.5 Å². The molecule has 0 aliphatic carbocycles. The maximum absolute atomic E-state index is 13.1. The number of methoxy groups -OCH3 is 1. The third-order valence-electron chi connectivity index (χ3n) is 5.16. The molecule has 0 bridgehead atoms. The van der Waals surface area contributed by atoms with E-state index in [-0.39, 0.29) is 11.8 Å². The number of anilines is 1. The first-order valence-corrected chi connectivity index (χ1v) is 9.48. The lowest BCUT2D eigenvalue weighted by atomic mass is 9.94. The molecule has 0 aromatic heterocycles. The van der Waals surface area contributed by atoms with Gasteiger partial charge in [0.05, 0.1) is 12.8 Å². The molecule has 4 aromatic rings. The predicted octanol–water partition coefficient (Wildman–Crippen LogP) is 5.44. The van der Waals surface area contributed by atoms with Gasteiger partial charge >= 0.3 is 0 Å². The molecular formula is C25H17NO4. The fourth-order valence-electron chi connectivity index (χ4n) is 3.71. The number of hydrogen-bond acceptors (Lipinski definition) is 4. The lowest BCUT2D eigenvalue weighted by molar-refractivity contribution is 0.0893. The lowest BCUT2D eigenvalue weighted by Gasteiger charge is -2.27. The number of amides is 2. The molecule has 5 rings (SSSR count). The number of ether oxygens (including phenoxy) is 2. The highest BCUT2D eigenvalue weighted by atomic mass is 16.5. The van der Waals surface area contributed by atoms with Gasteiger partial charge in [0, 0.05) is 16.5 Å². The summed E-state index contributed by atoms with van der Waals surface area (Å²) >= 11 is 0. The van der Waals surface area contributed by atoms with Crippen LogP contribution in [0.2, 0.25) is 0 Å². The van der Waals surface area contributed by atoms with E-state index < -0.39 is 0 Å². The Morgan fingerprint density at radius 2 is 1.13 bits per heavy atom. The molecule has 5 nitrogen and oxygen atoms in total. The monoisotopic (exact) mass is 395 g/mol. The van der Waals surface area contributed by atoms with Gasteiger partial charge in [-0.25, -0.2) is 4.90 Å². The molecule has 4 aromatic carbocycles. The van der Waals surface area contributed by atoms with Crippen LogP contribution in [0, 0.1) is 0 Å². The van der Waals surface area contributed by atoms with Crippen LogP contribution in [0.4, 0.5) is 5.69 Å².